The van der Waals surface area contributed by atoms with Gasteiger partial charge in [0.15, 0.2) is 0 Å². The van der Waals surface area contributed by atoms with Crippen LogP contribution in [0, 0.1) is 13.8 Å². The Morgan fingerprint density at radius 2 is 1.81 bits per heavy atom. The summed E-state index contributed by atoms with van der Waals surface area (Å²) in [5, 5.41) is 3.41. The van der Waals surface area contributed by atoms with Crippen molar-refractivity contribution in [3.63, 3.8) is 0 Å². The monoisotopic (exact) mass is 294 g/mol. The SMILES string of the molecule is COCCNCC(C)c1c(C)nc(CCN(C)C)nc1C. The molecule has 1 aromatic rings. The topological polar surface area (TPSA) is 50.3 Å². The molecule has 0 spiro atoms. The number of ether oxygens (including phenoxy) is 1. The molecule has 0 aromatic carbocycles. The first-order chi connectivity index (χ1) is 9.95. The standard InChI is InChI=1S/C16H30N4O/c1-12(11-17-8-10-21-6)16-13(2)18-15(19-14(16)3)7-9-20(4)5/h12,17H,7-11H2,1-6H3. The van der Waals surface area contributed by atoms with Crippen LogP contribution >= 0.6 is 0 Å². The van der Waals surface area contributed by atoms with Crippen LogP contribution in [0.5, 0.6) is 0 Å². The minimum atomic E-state index is 0.407. The Labute approximate surface area is 129 Å². The van der Waals surface area contributed by atoms with Gasteiger partial charge in [0.2, 0.25) is 0 Å². The highest BCUT2D eigenvalue weighted by molar-refractivity contribution is 5.28. The van der Waals surface area contributed by atoms with Crippen molar-refractivity contribution >= 4 is 0 Å². The molecule has 0 bridgehead atoms. The van der Waals surface area contributed by atoms with Crippen molar-refractivity contribution in [1.82, 2.24) is 20.2 Å². The van der Waals surface area contributed by atoms with Crippen LogP contribution < -0.4 is 5.32 Å². The van der Waals surface area contributed by atoms with Crippen LogP contribution in [0.4, 0.5) is 0 Å². The zero-order valence-corrected chi connectivity index (χ0v) is 14.4. The van der Waals surface area contributed by atoms with Crippen molar-refractivity contribution in [2.45, 2.75) is 33.1 Å². The first-order valence-electron chi connectivity index (χ1n) is 7.64. The predicted octanol–water partition coefficient (Wildman–Crippen LogP) is 1.54. The predicted molar refractivity (Wildman–Crippen MR) is 86.9 cm³/mol. The van der Waals surface area contributed by atoms with Crippen LogP contribution in [0.15, 0.2) is 0 Å². The number of nitrogens with one attached hydrogen (secondary N) is 1. The van der Waals surface area contributed by atoms with Crippen LogP contribution in [0.2, 0.25) is 0 Å². The van der Waals surface area contributed by atoms with E-state index in [0.717, 1.165) is 49.9 Å². The number of hydrogen-bond donors (Lipinski definition) is 1. The van der Waals surface area contributed by atoms with Gasteiger partial charge >= 0.3 is 0 Å². The highest BCUT2D eigenvalue weighted by Crippen LogP contribution is 2.20. The number of hydrogen-bond acceptors (Lipinski definition) is 5. The maximum atomic E-state index is 5.05. The van der Waals surface area contributed by atoms with Crippen LogP contribution in [-0.2, 0) is 11.2 Å². The van der Waals surface area contributed by atoms with E-state index in [1.807, 2.05) is 0 Å². The summed E-state index contributed by atoms with van der Waals surface area (Å²) in [6.07, 6.45) is 0.898. The number of nitrogens with zero attached hydrogens (tertiary/aromatic N) is 3. The van der Waals surface area contributed by atoms with Crippen LogP contribution in [0.3, 0.4) is 0 Å². The zero-order chi connectivity index (χ0) is 15.8. The average Bonchev–Trinajstić information content (AvgIpc) is 2.40. The van der Waals surface area contributed by atoms with Gasteiger partial charge in [-0.2, -0.15) is 0 Å². The van der Waals surface area contributed by atoms with E-state index < -0.39 is 0 Å². The first-order valence-corrected chi connectivity index (χ1v) is 7.64. The van der Waals surface area contributed by atoms with Gasteiger partial charge in [-0.3, -0.25) is 0 Å². The lowest BCUT2D eigenvalue weighted by atomic mass is 9.98. The Balaban J connectivity index is 2.69. The summed E-state index contributed by atoms with van der Waals surface area (Å²) in [4.78, 5) is 11.5. The van der Waals surface area contributed by atoms with Gasteiger partial charge in [-0.05, 0) is 39.4 Å². The van der Waals surface area contributed by atoms with E-state index in [4.69, 9.17) is 4.74 Å². The van der Waals surface area contributed by atoms with Crippen molar-refractivity contribution in [2.24, 2.45) is 0 Å². The average molecular weight is 294 g/mol. The molecule has 5 nitrogen and oxygen atoms in total. The Bertz CT molecular complexity index is 411. The quantitative estimate of drug-likeness (QED) is 0.700. The van der Waals surface area contributed by atoms with Gasteiger partial charge in [0.1, 0.15) is 5.82 Å². The van der Waals surface area contributed by atoms with Gasteiger partial charge in [-0.25, -0.2) is 9.97 Å². The second-order valence-corrected chi connectivity index (χ2v) is 5.88. The van der Waals surface area contributed by atoms with Crippen LogP contribution in [-0.4, -0.2) is 62.3 Å². The Morgan fingerprint density at radius 1 is 1.19 bits per heavy atom. The van der Waals surface area contributed by atoms with Gasteiger partial charge in [0.25, 0.3) is 0 Å². The molecule has 0 saturated heterocycles. The number of methoxy groups -OCH3 is 1. The fourth-order valence-electron chi connectivity index (χ4n) is 2.54. The molecule has 0 aliphatic rings. The van der Waals surface area contributed by atoms with E-state index in [9.17, 15) is 0 Å². The molecule has 1 atom stereocenters. The second-order valence-electron chi connectivity index (χ2n) is 5.88. The molecule has 0 amide bonds. The van der Waals surface area contributed by atoms with E-state index in [1.54, 1.807) is 7.11 Å². The first kappa shape index (κ1) is 18.0. The summed E-state index contributed by atoms with van der Waals surface area (Å²) >= 11 is 0. The lowest BCUT2D eigenvalue weighted by Gasteiger charge is -2.18. The summed E-state index contributed by atoms with van der Waals surface area (Å²) in [5.74, 6) is 1.35. The lowest BCUT2D eigenvalue weighted by Crippen LogP contribution is -2.25. The van der Waals surface area contributed by atoms with E-state index in [0.29, 0.717) is 5.92 Å². The fraction of sp³-hybridized carbons (Fsp3) is 0.750. The van der Waals surface area contributed by atoms with E-state index >= 15 is 0 Å². The minimum Gasteiger partial charge on any atom is -0.383 e. The molecule has 1 heterocycles. The highest BCUT2D eigenvalue weighted by atomic mass is 16.5. The molecule has 5 heteroatoms. The molecule has 0 aliphatic heterocycles. The van der Waals surface area contributed by atoms with Gasteiger partial charge < -0.3 is 15.0 Å². The molecule has 0 fully saturated rings. The molecule has 21 heavy (non-hydrogen) atoms. The molecule has 0 aliphatic carbocycles. The summed E-state index contributed by atoms with van der Waals surface area (Å²) in [6, 6.07) is 0. The van der Waals surface area contributed by atoms with Gasteiger partial charge in [-0.15, -0.1) is 0 Å². The van der Waals surface area contributed by atoms with E-state index in [2.05, 4.69) is 55.1 Å². The summed E-state index contributed by atoms with van der Waals surface area (Å²) in [6.45, 7) is 9.92. The molecule has 0 saturated carbocycles. The number of likely N-dealkylation sites (N-methyl/N-ethyl adjacent to an activating group) is 1. The Kier molecular flexibility index (Phi) is 7.78. The van der Waals surface area contributed by atoms with Crippen molar-refractivity contribution in [3.05, 3.63) is 22.8 Å². The smallest absolute Gasteiger partial charge is 0.130 e. The normalized spacial score (nSPS) is 12.9. The number of aryl methyl sites for hydroxylation is 2. The van der Waals surface area contributed by atoms with Crippen molar-refractivity contribution < 1.29 is 4.74 Å². The summed E-state index contributed by atoms with van der Waals surface area (Å²) < 4.78 is 5.05. The van der Waals surface area contributed by atoms with E-state index in [1.165, 1.54) is 5.56 Å². The van der Waals surface area contributed by atoms with E-state index in [-0.39, 0.29) is 0 Å². The van der Waals surface area contributed by atoms with Crippen LogP contribution in [0.1, 0.15) is 35.6 Å². The number of aromatic nitrogens is 2. The van der Waals surface area contributed by atoms with Crippen LogP contribution in [0.25, 0.3) is 0 Å². The largest absolute Gasteiger partial charge is 0.383 e. The third-order valence-corrected chi connectivity index (χ3v) is 3.58. The van der Waals surface area contributed by atoms with Gasteiger partial charge in [0, 0.05) is 44.6 Å². The third-order valence-electron chi connectivity index (χ3n) is 3.58. The molecular weight excluding hydrogens is 264 g/mol. The lowest BCUT2D eigenvalue weighted by molar-refractivity contribution is 0.199. The van der Waals surface area contributed by atoms with Gasteiger partial charge in [-0.1, -0.05) is 6.92 Å². The minimum absolute atomic E-state index is 0.407. The Morgan fingerprint density at radius 3 is 2.33 bits per heavy atom. The van der Waals surface area contributed by atoms with Crippen molar-refractivity contribution in [3.8, 4) is 0 Å². The second kappa shape index (κ2) is 9.07. The molecule has 1 aromatic heterocycles. The summed E-state index contributed by atoms with van der Waals surface area (Å²) in [7, 11) is 5.86. The van der Waals surface area contributed by atoms with Gasteiger partial charge in [0.05, 0.1) is 6.61 Å². The summed E-state index contributed by atoms with van der Waals surface area (Å²) in [5.41, 5.74) is 3.49. The third kappa shape index (κ3) is 6.08. The molecule has 1 rings (SSSR count). The highest BCUT2D eigenvalue weighted by Gasteiger charge is 2.15. The number of rotatable bonds is 9. The van der Waals surface area contributed by atoms with Crippen molar-refractivity contribution in [1.29, 1.82) is 0 Å². The van der Waals surface area contributed by atoms with Crippen molar-refractivity contribution in [2.75, 3.05) is 47.4 Å². The Hall–Kier alpha value is -1.04. The molecule has 1 unspecified atom stereocenters. The fourth-order valence-corrected chi connectivity index (χ4v) is 2.54. The zero-order valence-electron chi connectivity index (χ0n) is 14.4. The molecule has 120 valence electrons. The maximum absolute atomic E-state index is 5.05. The maximum Gasteiger partial charge on any atom is 0.130 e. The molecule has 1 N–H and O–H groups in total. The molecular formula is C16H30N4O. The molecule has 0 radical (unpaired) electrons.